The van der Waals surface area contributed by atoms with E-state index in [1.807, 2.05) is 4.72 Å². The van der Waals surface area contributed by atoms with Gasteiger partial charge in [-0.3, -0.25) is 9.52 Å². The minimum Gasteiger partial charge on any atom is -0.482 e. The molecule has 0 radical (unpaired) electrons. The molecule has 0 bridgehead atoms. The quantitative estimate of drug-likeness (QED) is 0.601. The lowest BCUT2D eigenvalue weighted by atomic mass is 10.2. The number of anilines is 1. The molecule has 0 atom stereocenters. The number of ketones is 1. The maximum absolute atomic E-state index is 13.4. The Balaban J connectivity index is 2.30. The number of hydrogen-bond donors (Lipinski definition) is 1. The van der Waals surface area contributed by atoms with Crippen molar-refractivity contribution in [3.05, 3.63) is 53.8 Å². The fraction of sp³-hybridized carbons (Fsp3) is 0.188. The summed E-state index contributed by atoms with van der Waals surface area (Å²) in [5.74, 6) is -1.61. The summed E-state index contributed by atoms with van der Waals surface area (Å²) in [6.07, 6.45) is -4.65. The van der Waals surface area contributed by atoms with Crippen LogP contribution in [0.15, 0.2) is 47.4 Å². The Labute approximate surface area is 146 Å². The SMILES string of the molecule is CC(=O)c1ccc(S(=O)(=O)Nc2cc(F)ccc2OCC(F)(F)F)cc1. The molecule has 2 aromatic carbocycles. The molecule has 0 aromatic heterocycles. The molecule has 1 N–H and O–H groups in total. The van der Waals surface area contributed by atoms with E-state index in [2.05, 4.69) is 4.74 Å². The van der Waals surface area contributed by atoms with E-state index in [0.29, 0.717) is 6.07 Å². The fourth-order valence-corrected chi connectivity index (χ4v) is 3.00. The van der Waals surface area contributed by atoms with E-state index in [4.69, 9.17) is 0 Å². The van der Waals surface area contributed by atoms with E-state index in [9.17, 15) is 30.8 Å². The number of hydrogen-bond acceptors (Lipinski definition) is 4. The molecule has 5 nitrogen and oxygen atoms in total. The topological polar surface area (TPSA) is 72.5 Å². The monoisotopic (exact) mass is 391 g/mol. The summed E-state index contributed by atoms with van der Waals surface area (Å²) in [6, 6.07) is 7.28. The number of halogens is 4. The Hall–Kier alpha value is -2.62. The lowest BCUT2D eigenvalue weighted by Crippen LogP contribution is -2.20. The Morgan fingerprint density at radius 1 is 1.12 bits per heavy atom. The second kappa shape index (κ2) is 7.32. The number of rotatable bonds is 6. The number of sulfonamides is 1. The molecule has 10 heteroatoms. The normalized spacial score (nSPS) is 11.9. The average molecular weight is 391 g/mol. The molecule has 0 aliphatic carbocycles. The second-order valence-corrected chi connectivity index (χ2v) is 6.91. The van der Waals surface area contributed by atoms with Gasteiger partial charge in [-0.25, -0.2) is 12.8 Å². The van der Waals surface area contributed by atoms with Gasteiger partial charge < -0.3 is 4.74 Å². The molecule has 0 spiro atoms. The minimum absolute atomic E-state index is 0.256. The molecule has 0 saturated carbocycles. The van der Waals surface area contributed by atoms with Crippen molar-refractivity contribution in [2.75, 3.05) is 11.3 Å². The Kier molecular flexibility index (Phi) is 5.55. The standard InChI is InChI=1S/C16H13F4NO4S/c1-10(22)11-2-5-13(6-3-11)26(23,24)21-14-8-12(17)4-7-15(14)25-9-16(18,19)20/h2-8,21H,9H2,1H3. The molecule has 26 heavy (non-hydrogen) atoms. The molecule has 0 saturated heterocycles. The van der Waals surface area contributed by atoms with Crippen LogP contribution < -0.4 is 9.46 Å². The lowest BCUT2D eigenvalue weighted by molar-refractivity contribution is -0.153. The van der Waals surface area contributed by atoms with Crippen LogP contribution in [0.25, 0.3) is 0 Å². The third kappa shape index (κ3) is 5.19. The minimum atomic E-state index is -4.65. The summed E-state index contributed by atoms with van der Waals surface area (Å²) < 4.78 is 81.5. The van der Waals surface area contributed by atoms with Crippen LogP contribution in [0.1, 0.15) is 17.3 Å². The molecule has 0 fully saturated rings. The maximum Gasteiger partial charge on any atom is 0.422 e. The summed E-state index contributed by atoms with van der Waals surface area (Å²) in [6.45, 7) is -0.362. The zero-order chi connectivity index (χ0) is 19.5. The number of nitrogens with one attached hydrogen (secondary N) is 1. The summed E-state index contributed by atoms with van der Waals surface area (Å²) >= 11 is 0. The van der Waals surface area contributed by atoms with Crippen LogP contribution in [0, 0.1) is 5.82 Å². The Bertz CT molecular complexity index is 909. The van der Waals surface area contributed by atoms with Gasteiger partial charge >= 0.3 is 6.18 Å². The molecule has 0 aliphatic rings. The van der Waals surface area contributed by atoms with E-state index in [0.717, 1.165) is 24.3 Å². The molecular weight excluding hydrogens is 378 g/mol. The largest absolute Gasteiger partial charge is 0.482 e. The lowest BCUT2D eigenvalue weighted by Gasteiger charge is -2.15. The van der Waals surface area contributed by atoms with Gasteiger partial charge in [0.05, 0.1) is 10.6 Å². The molecular formula is C16H13F4NO4S. The van der Waals surface area contributed by atoms with Gasteiger partial charge in [0.2, 0.25) is 0 Å². The first kappa shape index (κ1) is 19.7. The van der Waals surface area contributed by atoms with Crippen LogP contribution >= 0.6 is 0 Å². The first-order chi connectivity index (χ1) is 12.0. The third-order valence-corrected chi connectivity index (χ3v) is 4.53. The van der Waals surface area contributed by atoms with Gasteiger partial charge in [0.15, 0.2) is 12.4 Å². The van der Waals surface area contributed by atoms with Gasteiger partial charge in [0.25, 0.3) is 10.0 Å². The van der Waals surface area contributed by atoms with Gasteiger partial charge in [-0.15, -0.1) is 0 Å². The van der Waals surface area contributed by atoms with E-state index < -0.39 is 40.1 Å². The predicted molar refractivity (Wildman–Crippen MR) is 85.2 cm³/mol. The summed E-state index contributed by atoms with van der Waals surface area (Å²) in [5.41, 5.74) is -0.200. The number of carbonyl (C=O) groups is 1. The molecule has 0 unspecified atom stereocenters. The molecule has 0 amide bonds. The number of benzene rings is 2. The fourth-order valence-electron chi connectivity index (χ4n) is 1.94. The Morgan fingerprint density at radius 3 is 2.27 bits per heavy atom. The molecule has 140 valence electrons. The maximum atomic E-state index is 13.4. The summed E-state index contributed by atoms with van der Waals surface area (Å²) in [5, 5.41) is 0. The highest BCUT2D eigenvalue weighted by molar-refractivity contribution is 7.92. The van der Waals surface area contributed by atoms with Gasteiger partial charge in [-0.1, -0.05) is 12.1 Å². The third-order valence-electron chi connectivity index (χ3n) is 3.15. The van der Waals surface area contributed by atoms with Crippen LogP contribution in [-0.4, -0.2) is 27.0 Å². The smallest absolute Gasteiger partial charge is 0.422 e. The van der Waals surface area contributed by atoms with E-state index >= 15 is 0 Å². The van der Waals surface area contributed by atoms with Crippen LogP contribution in [0.2, 0.25) is 0 Å². The number of alkyl halides is 3. The van der Waals surface area contributed by atoms with Crippen LogP contribution in [0.3, 0.4) is 0 Å². The van der Waals surface area contributed by atoms with Crippen molar-refractivity contribution < 1.29 is 35.5 Å². The zero-order valence-electron chi connectivity index (χ0n) is 13.3. The van der Waals surface area contributed by atoms with Crippen LogP contribution in [-0.2, 0) is 10.0 Å². The molecule has 0 aliphatic heterocycles. The van der Waals surface area contributed by atoms with Crippen molar-refractivity contribution in [2.24, 2.45) is 0 Å². The molecule has 0 heterocycles. The van der Waals surface area contributed by atoms with E-state index in [1.165, 1.54) is 19.1 Å². The van der Waals surface area contributed by atoms with Crippen molar-refractivity contribution in [1.29, 1.82) is 0 Å². The number of carbonyl (C=O) groups excluding carboxylic acids is 1. The highest BCUT2D eigenvalue weighted by Crippen LogP contribution is 2.29. The summed E-state index contributed by atoms with van der Waals surface area (Å²) in [7, 11) is -4.24. The van der Waals surface area contributed by atoms with E-state index in [1.54, 1.807) is 0 Å². The van der Waals surface area contributed by atoms with Gasteiger partial charge in [0, 0.05) is 11.6 Å². The highest BCUT2D eigenvalue weighted by atomic mass is 32.2. The van der Waals surface area contributed by atoms with E-state index in [-0.39, 0.29) is 16.2 Å². The second-order valence-electron chi connectivity index (χ2n) is 5.23. The number of ether oxygens (including phenoxy) is 1. The van der Waals surface area contributed by atoms with Gasteiger partial charge in [-0.2, -0.15) is 13.2 Å². The van der Waals surface area contributed by atoms with Crippen molar-refractivity contribution in [3.63, 3.8) is 0 Å². The van der Waals surface area contributed by atoms with Crippen molar-refractivity contribution in [2.45, 2.75) is 18.0 Å². The summed E-state index contributed by atoms with van der Waals surface area (Å²) in [4.78, 5) is 11.0. The van der Waals surface area contributed by atoms with Gasteiger partial charge in [0.1, 0.15) is 11.6 Å². The zero-order valence-corrected chi connectivity index (χ0v) is 14.1. The van der Waals surface area contributed by atoms with Crippen LogP contribution in [0.5, 0.6) is 5.75 Å². The predicted octanol–water partition coefficient (Wildman–Crippen LogP) is 3.77. The van der Waals surface area contributed by atoms with Crippen molar-refractivity contribution in [1.82, 2.24) is 0 Å². The highest BCUT2D eigenvalue weighted by Gasteiger charge is 2.29. The van der Waals surface area contributed by atoms with Gasteiger partial charge in [-0.05, 0) is 31.2 Å². The number of Topliss-reactive ketones (excluding diaryl/α,β-unsaturated/α-hetero) is 1. The van der Waals surface area contributed by atoms with Crippen molar-refractivity contribution in [3.8, 4) is 5.75 Å². The first-order valence-corrected chi connectivity index (χ1v) is 8.59. The average Bonchev–Trinajstić information content (AvgIpc) is 2.53. The van der Waals surface area contributed by atoms with Crippen molar-refractivity contribution >= 4 is 21.5 Å². The molecule has 2 rings (SSSR count). The Morgan fingerprint density at radius 2 is 1.73 bits per heavy atom. The molecule has 2 aromatic rings. The first-order valence-electron chi connectivity index (χ1n) is 7.11. The van der Waals surface area contributed by atoms with Crippen LogP contribution in [0.4, 0.5) is 23.2 Å².